The van der Waals surface area contributed by atoms with Crippen LogP contribution in [0, 0.1) is 0 Å². The van der Waals surface area contributed by atoms with Gasteiger partial charge in [-0.15, -0.1) is 0 Å². The summed E-state index contributed by atoms with van der Waals surface area (Å²) in [5.74, 6) is 0.562. The first-order valence-electron chi connectivity index (χ1n) is 8.57. The van der Waals surface area contributed by atoms with Gasteiger partial charge in [0.05, 0.1) is 12.1 Å². The normalized spacial score (nSPS) is 17.8. The second-order valence-electron chi connectivity index (χ2n) is 6.20. The molecule has 0 aliphatic heterocycles. The number of hydrogen-bond acceptors (Lipinski definition) is 5. The number of carbonyl (C=O) groups is 1. The van der Waals surface area contributed by atoms with E-state index in [9.17, 15) is 9.90 Å². The molecule has 7 heteroatoms. The Morgan fingerprint density at radius 3 is 2.56 bits per heavy atom. The van der Waals surface area contributed by atoms with Gasteiger partial charge in [0.25, 0.3) is 0 Å². The molecule has 0 saturated heterocycles. The lowest BCUT2D eigenvalue weighted by atomic mass is 10.1. The standard InChI is InChI=1S/C20H18N4O3/c25-17-12-13-4-1-2-5-16(13)18(17)24-19(26)23-14-6-8-15(9-7-14)27-20-21-10-3-11-22-20/h1-11,17-18,25H,12H2,(H2,23,24,26)/t17-,18+/m0/s1. The van der Waals surface area contributed by atoms with Gasteiger partial charge in [-0.3, -0.25) is 0 Å². The molecule has 3 aromatic rings. The molecule has 2 amide bonds. The van der Waals surface area contributed by atoms with Gasteiger partial charge in [0.2, 0.25) is 0 Å². The number of aromatic nitrogens is 2. The molecule has 0 radical (unpaired) electrons. The topological polar surface area (TPSA) is 96.4 Å². The molecule has 0 spiro atoms. The number of aliphatic hydroxyl groups excluding tert-OH is 1. The highest BCUT2D eigenvalue weighted by molar-refractivity contribution is 5.89. The predicted octanol–water partition coefficient (Wildman–Crippen LogP) is 3.05. The number of fused-ring (bicyclic) bond motifs is 1. The average molecular weight is 362 g/mol. The van der Waals surface area contributed by atoms with Crippen LogP contribution in [0.3, 0.4) is 0 Å². The zero-order chi connectivity index (χ0) is 18.6. The Morgan fingerprint density at radius 1 is 1.04 bits per heavy atom. The van der Waals surface area contributed by atoms with E-state index in [1.54, 1.807) is 42.7 Å². The number of amides is 2. The molecule has 0 bridgehead atoms. The number of urea groups is 1. The Kier molecular flexibility index (Phi) is 4.67. The molecular weight excluding hydrogens is 344 g/mol. The molecule has 0 fully saturated rings. The first kappa shape index (κ1) is 17.0. The minimum absolute atomic E-state index is 0.254. The summed E-state index contributed by atoms with van der Waals surface area (Å²) in [5.41, 5.74) is 2.61. The molecule has 4 rings (SSSR count). The molecule has 136 valence electrons. The van der Waals surface area contributed by atoms with Gasteiger partial charge in [0.1, 0.15) is 5.75 Å². The zero-order valence-corrected chi connectivity index (χ0v) is 14.4. The van der Waals surface area contributed by atoms with Crippen molar-refractivity contribution in [3.63, 3.8) is 0 Å². The van der Waals surface area contributed by atoms with Crippen LogP contribution in [0.1, 0.15) is 17.2 Å². The van der Waals surface area contributed by atoms with E-state index in [1.807, 2.05) is 24.3 Å². The zero-order valence-electron chi connectivity index (χ0n) is 14.4. The third kappa shape index (κ3) is 3.88. The van der Waals surface area contributed by atoms with E-state index in [-0.39, 0.29) is 12.0 Å². The van der Waals surface area contributed by atoms with Gasteiger partial charge in [-0.1, -0.05) is 24.3 Å². The van der Waals surface area contributed by atoms with Crippen LogP contribution >= 0.6 is 0 Å². The van der Waals surface area contributed by atoms with Crippen molar-refractivity contribution in [3.8, 4) is 11.8 Å². The van der Waals surface area contributed by atoms with Gasteiger partial charge in [-0.05, 0) is 41.5 Å². The van der Waals surface area contributed by atoms with Crippen LogP contribution in [0.2, 0.25) is 0 Å². The van der Waals surface area contributed by atoms with Gasteiger partial charge in [-0.2, -0.15) is 0 Å². The summed E-state index contributed by atoms with van der Waals surface area (Å²) in [7, 11) is 0. The lowest BCUT2D eigenvalue weighted by molar-refractivity contribution is 0.144. The second kappa shape index (κ2) is 7.43. The van der Waals surface area contributed by atoms with Crippen LogP contribution in [0.25, 0.3) is 0 Å². The molecule has 7 nitrogen and oxygen atoms in total. The Hall–Kier alpha value is -3.45. The highest BCUT2D eigenvalue weighted by atomic mass is 16.5. The molecule has 0 unspecified atom stereocenters. The number of hydrogen-bond donors (Lipinski definition) is 3. The maximum Gasteiger partial charge on any atom is 0.321 e. The number of ether oxygens (including phenoxy) is 1. The van der Waals surface area contributed by atoms with Crippen molar-refractivity contribution >= 4 is 11.7 Å². The molecular formula is C20H18N4O3. The summed E-state index contributed by atoms with van der Waals surface area (Å²) in [6, 6.07) is 15.8. The first-order chi connectivity index (χ1) is 13.2. The average Bonchev–Trinajstić information content (AvgIpc) is 2.99. The first-order valence-corrected chi connectivity index (χ1v) is 8.57. The number of rotatable bonds is 4. The van der Waals surface area contributed by atoms with Crippen molar-refractivity contribution in [2.75, 3.05) is 5.32 Å². The Bertz CT molecular complexity index is 931. The molecule has 27 heavy (non-hydrogen) atoms. The third-order valence-electron chi connectivity index (χ3n) is 4.35. The van der Waals surface area contributed by atoms with Crippen molar-refractivity contribution in [2.24, 2.45) is 0 Å². The summed E-state index contributed by atoms with van der Waals surface area (Å²) in [5, 5.41) is 15.8. The number of nitrogens with one attached hydrogen (secondary N) is 2. The van der Waals surface area contributed by atoms with E-state index < -0.39 is 12.1 Å². The smallest absolute Gasteiger partial charge is 0.321 e. The van der Waals surface area contributed by atoms with Crippen molar-refractivity contribution in [2.45, 2.75) is 18.6 Å². The number of aliphatic hydroxyl groups is 1. The number of nitrogens with zero attached hydrogens (tertiary/aromatic N) is 2. The maximum atomic E-state index is 12.3. The Morgan fingerprint density at radius 2 is 1.78 bits per heavy atom. The summed E-state index contributed by atoms with van der Waals surface area (Å²) in [6.45, 7) is 0. The van der Waals surface area contributed by atoms with E-state index in [0.717, 1.165) is 11.1 Å². The second-order valence-corrected chi connectivity index (χ2v) is 6.20. The van der Waals surface area contributed by atoms with E-state index in [4.69, 9.17) is 4.74 Å². The summed E-state index contributed by atoms with van der Waals surface area (Å²) in [6.07, 6.45) is 3.10. The van der Waals surface area contributed by atoms with Crippen LogP contribution in [0.4, 0.5) is 10.5 Å². The van der Waals surface area contributed by atoms with Crippen LogP contribution in [-0.2, 0) is 6.42 Å². The SMILES string of the molecule is O=C(Nc1ccc(Oc2ncccn2)cc1)N[C@@H]1c2ccccc2C[C@@H]1O. The van der Waals surface area contributed by atoms with E-state index in [0.29, 0.717) is 17.9 Å². The Balaban J connectivity index is 1.37. The summed E-state index contributed by atoms with van der Waals surface area (Å²) >= 11 is 0. The van der Waals surface area contributed by atoms with Gasteiger partial charge in [-0.25, -0.2) is 14.8 Å². The van der Waals surface area contributed by atoms with Crippen LogP contribution in [-0.4, -0.2) is 27.2 Å². The minimum Gasteiger partial charge on any atom is -0.424 e. The van der Waals surface area contributed by atoms with Crippen LogP contribution < -0.4 is 15.4 Å². The van der Waals surface area contributed by atoms with Gasteiger partial charge in [0.15, 0.2) is 0 Å². The molecule has 3 N–H and O–H groups in total. The van der Waals surface area contributed by atoms with Crippen molar-refractivity contribution in [3.05, 3.63) is 78.1 Å². The van der Waals surface area contributed by atoms with E-state index in [2.05, 4.69) is 20.6 Å². The number of carbonyl (C=O) groups excluding carboxylic acids is 1. The van der Waals surface area contributed by atoms with Crippen LogP contribution in [0.15, 0.2) is 67.0 Å². The highest BCUT2D eigenvalue weighted by Gasteiger charge is 2.31. The lowest BCUT2D eigenvalue weighted by Crippen LogP contribution is -2.36. The van der Waals surface area contributed by atoms with E-state index in [1.165, 1.54) is 0 Å². The van der Waals surface area contributed by atoms with Gasteiger partial charge in [0, 0.05) is 24.5 Å². The lowest BCUT2D eigenvalue weighted by Gasteiger charge is -2.18. The third-order valence-corrected chi connectivity index (χ3v) is 4.35. The number of benzene rings is 2. The molecule has 1 aromatic heterocycles. The van der Waals surface area contributed by atoms with Crippen molar-refractivity contribution in [1.29, 1.82) is 0 Å². The maximum absolute atomic E-state index is 12.3. The van der Waals surface area contributed by atoms with Crippen molar-refractivity contribution < 1.29 is 14.6 Å². The molecule has 0 saturated carbocycles. The summed E-state index contributed by atoms with van der Waals surface area (Å²) in [4.78, 5) is 20.3. The fourth-order valence-corrected chi connectivity index (χ4v) is 3.11. The molecule has 2 atom stereocenters. The van der Waals surface area contributed by atoms with Gasteiger partial charge >= 0.3 is 12.0 Å². The minimum atomic E-state index is -0.630. The molecule has 1 heterocycles. The van der Waals surface area contributed by atoms with E-state index >= 15 is 0 Å². The Labute approximate surface area is 156 Å². The summed E-state index contributed by atoms with van der Waals surface area (Å²) < 4.78 is 5.52. The van der Waals surface area contributed by atoms with Gasteiger partial charge < -0.3 is 20.5 Å². The largest absolute Gasteiger partial charge is 0.424 e. The molecule has 1 aliphatic carbocycles. The fourth-order valence-electron chi connectivity index (χ4n) is 3.11. The fraction of sp³-hybridized carbons (Fsp3) is 0.150. The highest BCUT2D eigenvalue weighted by Crippen LogP contribution is 2.31. The predicted molar refractivity (Wildman–Crippen MR) is 99.6 cm³/mol. The molecule has 1 aliphatic rings. The molecule has 2 aromatic carbocycles. The van der Waals surface area contributed by atoms with Crippen LogP contribution in [0.5, 0.6) is 11.8 Å². The van der Waals surface area contributed by atoms with Crippen molar-refractivity contribution in [1.82, 2.24) is 15.3 Å². The quantitative estimate of drug-likeness (QED) is 0.663. The monoisotopic (exact) mass is 362 g/mol. The number of anilines is 1.